The van der Waals surface area contributed by atoms with E-state index in [1.54, 1.807) is 36.4 Å². The highest BCUT2D eigenvalue weighted by atomic mass is 19.1. The molecule has 0 spiro atoms. The van der Waals surface area contributed by atoms with Crippen LogP contribution in [0, 0.1) is 5.82 Å². The van der Waals surface area contributed by atoms with Gasteiger partial charge in [-0.3, -0.25) is 4.79 Å². The lowest BCUT2D eigenvalue weighted by atomic mass is 10.2. The summed E-state index contributed by atoms with van der Waals surface area (Å²) in [5, 5.41) is 6.66. The van der Waals surface area contributed by atoms with Crippen molar-refractivity contribution in [3.63, 3.8) is 0 Å². The van der Waals surface area contributed by atoms with E-state index in [-0.39, 0.29) is 18.3 Å². The van der Waals surface area contributed by atoms with Gasteiger partial charge in [-0.1, -0.05) is 5.16 Å². The maximum Gasteiger partial charge on any atom is 0.264 e. The van der Waals surface area contributed by atoms with Crippen molar-refractivity contribution in [2.45, 2.75) is 13.5 Å². The number of hydrogen-bond donors (Lipinski definition) is 1. The topological polar surface area (TPSA) is 86.5 Å². The van der Waals surface area contributed by atoms with Crippen LogP contribution in [0.3, 0.4) is 0 Å². The molecule has 0 unspecified atom stereocenters. The van der Waals surface area contributed by atoms with Gasteiger partial charge in [0.25, 0.3) is 5.89 Å². The van der Waals surface area contributed by atoms with Crippen molar-refractivity contribution in [1.29, 1.82) is 0 Å². The average molecular weight is 419 g/mol. The second kappa shape index (κ2) is 9.08. The van der Waals surface area contributed by atoms with Crippen molar-refractivity contribution < 1.29 is 23.2 Å². The highest BCUT2D eigenvalue weighted by molar-refractivity contribution is 5.88. The molecule has 3 aromatic carbocycles. The third-order valence-electron chi connectivity index (χ3n) is 4.17. The minimum atomic E-state index is -0.332. The van der Waals surface area contributed by atoms with Crippen molar-refractivity contribution in [2.24, 2.45) is 0 Å². The first-order valence-corrected chi connectivity index (χ1v) is 9.42. The molecule has 0 bridgehead atoms. The predicted molar refractivity (Wildman–Crippen MR) is 111 cm³/mol. The quantitative estimate of drug-likeness (QED) is 0.443. The first-order valence-electron chi connectivity index (χ1n) is 9.42. The Morgan fingerprint density at radius 1 is 0.935 bits per heavy atom. The number of ether oxygens (including phenoxy) is 2. The number of rotatable bonds is 7. The molecule has 0 radical (unpaired) electrons. The summed E-state index contributed by atoms with van der Waals surface area (Å²) in [5.41, 5.74) is 1.46. The molecule has 0 saturated carbocycles. The van der Waals surface area contributed by atoms with Crippen LogP contribution in [0.2, 0.25) is 0 Å². The monoisotopic (exact) mass is 419 g/mol. The van der Waals surface area contributed by atoms with Gasteiger partial charge in [0.2, 0.25) is 11.7 Å². The molecule has 0 atom stereocenters. The average Bonchev–Trinajstić information content (AvgIpc) is 3.24. The van der Waals surface area contributed by atoms with Crippen molar-refractivity contribution >= 4 is 11.6 Å². The third-order valence-corrected chi connectivity index (χ3v) is 4.17. The summed E-state index contributed by atoms with van der Waals surface area (Å²) in [5.74, 6) is 2.05. The number of amides is 1. The van der Waals surface area contributed by atoms with Gasteiger partial charge in [0.1, 0.15) is 23.1 Å². The molecular formula is C23H18FN3O4. The molecule has 0 aliphatic heterocycles. The smallest absolute Gasteiger partial charge is 0.264 e. The van der Waals surface area contributed by atoms with E-state index in [0.717, 1.165) is 5.56 Å². The van der Waals surface area contributed by atoms with E-state index < -0.39 is 0 Å². The molecule has 1 aromatic heterocycles. The van der Waals surface area contributed by atoms with E-state index in [2.05, 4.69) is 15.5 Å². The molecule has 4 aromatic rings. The molecule has 4 rings (SSSR count). The van der Waals surface area contributed by atoms with Crippen molar-refractivity contribution in [3.8, 4) is 28.6 Å². The number of nitrogens with zero attached hydrogens (tertiary/aromatic N) is 2. The van der Waals surface area contributed by atoms with Gasteiger partial charge in [0.15, 0.2) is 6.61 Å². The number of nitrogens with one attached hydrogen (secondary N) is 1. The van der Waals surface area contributed by atoms with Crippen LogP contribution < -0.4 is 14.8 Å². The maximum absolute atomic E-state index is 12.9. The molecule has 0 saturated heterocycles. The summed E-state index contributed by atoms with van der Waals surface area (Å²) >= 11 is 0. The van der Waals surface area contributed by atoms with Gasteiger partial charge < -0.3 is 19.3 Å². The van der Waals surface area contributed by atoms with Gasteiger partial charge in [0.05, 0.1) is 0 Å². The van der Waals surface area contributed by atoms with Gasteiger partial charge in [-0.2, -0.15) is 4.98 Å². The minimum Gasteiger partial charge on any atom is -0.484 e. The Balaban J connectivity index is 1.35. The van der Waals surface area contributed by atoms with Gasteiger partial charge >= 0.3 is 0 Å². The molecule has 0 aliphatic rings. The summed E-state index contributed by atoms with van der Waals surface area (Å²) < 4.78 is 29.4. The van der Waals surface area contributed by atoms with Gasteiger partial charge in [-0.15, -0.1) is 0 Å². The summed E-state index contributed by atoms with van der Waals surface area (Å²) in [7, 11) is 0. The molecular weight excluding hydrogens is 401 g/mol. The van der Waals surface area contributed by atoms with Crippen molar-refractivity contribution in [1.82, 2.24) is 10.1 Å². The highest BCUT2D eigenvalue weighted by Crippen LogP contribution is 2.26. The number of hydrogen-bond acceptors (Lipinski definition) is 6. The van der Waals surface area contributed by atoms with E-state index in [1.165, 1.54) is 31.2 Å². The lowest BCUT2D eigenvalue weighted by molar-refractivity contribution is -0.114. The Morgan fingerprint density at radius 3 is 2.19 bits per heavy atom. The van der Waals surface area contributed by atoms with Crippen molar-refractivity contribution in [3.05, 3.63) is 84.5 Å². The molecule has 31 heavy (non-hydrogen) atoms. The maximum atomic E-state index is 12.9. The third kappa shape index (κ3) is 5.45. The van der Waals surface area contributed by atoms with Crippen LogP contribution >= 0.6 is 0 Å². The molecule has 1 heterocycles. The number of carbonyl (C=O) groups is 1. The fourth-order valence-electron chi connectivity index (χ4n) is 2.72. The largest absolute Gasteiger partial charge is 0.484 e. The van der Waals surface area contributed by atoms with Gasteiger partial charge in [-0.25, -0.2) is 4.39 Å². The Labute approximate surface area is 177 Å². The summed E-state index contributed by atoms with van der Waals surface area (Å²) in [4.78, 5) is 15.4. The lowest BCUT2D eigenvalue weighted by Gasteiger charge is -2.07. The van der Waals surface area contributed by atoms with E-state index >= 15 is 0 Å². The highest BCUT2D eigenvalue weighted by Gasteiger charge is 2.10. The Morgan fingerprint density at radius 2 is 1.55 bits per heavy atom. The summed E-state index contributed by atoms with van der Waals surface area (Å²) in [6.07, 6.45) is 0. The van der Waals surface area contributed by atoms with E-state index in [4.69, 9.17) is 14.0 Å². The first-order chi connectivity index (χ1) is 15.0. The number of halogens is 1. The van der Waals surface area contributed by atoms with E-state index in [0.29, 0.717) is 34.7 Å². The first kappa shape index (κ1) is 20.1. The molecule has 0 aliphatic carbocycles. The Hall–Kier alpha value is -4.20. The van der Waals surface area contributed by atoms with Crippen LogP contribution in [-0.4, -0.2) is 16.0 Å². The standard InChI is InChI=1S/C23H18FN3O4/c1-15(28)25-18-6-12-21(13-7-18)30-20-8-2-16(3-9-20)23-26-22(31-27-23)14-29-19-10-4-17(24)5-11-19/h2-13H,14H2,1H3,(H,25,28). The zero-order chi connectivity index (χ0) is 21.6. The molecule has 7 nitrogen and oxygen atoms in total. The minimum absolute atomic E-state index is 0.0777. The number of benzene rings is 3. The second-order valence-corrected chi connectivity index (χ2v) is 6.59. The van der Waals surface area contributed by atoms with Crippen LogP contribution in [0.1, 0.15) is 12.8 Å². The molecule has 1 amide bonds. The van der Waals surface area contributed by atoms with Crippen LogP contribution in [0.25, 0.3) is 11.4 Å². The van der Waals surface area contributed by atoms with Gasteiger partial charge in [0, 0.05) is 18.2 Å². The van der Waals surface area contributed by atoms with E-state index in [1.807, 2.05) is 12.1 Å². The van der Waals surface area contributed by atoms with Gasteiger partial charge in [-0.05, 0) is 72.8 Å². The summed E-state index contributed by atoms with van der Waals surface area (Å²) in [6, 6.07) is 20.0. The SMILES string of the molecule is CC(=O)Nc1ccc(Oc2ccc(-c3noc(COc4ccc(F)cc4)n3)cc2)cc1. The van der Waals surface area contributed by atoms with E-state index in [9.17, 15) is 9.18 Å². The Kier molecular flexibility index (Phi) is 5.89. The van der Waals surface area contributed by atoms with Crippen LogP contribution in [0.5, 0.6) is 17.2 Å². The van der Waals surface area contributed by atoms with Crippen LogP contribution in [0.4, 0.5) is 10.1 Å². The number of aromatic nitrogens is 2. The number of anilines is 1. The fraction of sp³-hybridized carbons (Fsp3) is 0.0870. The fourth-order valence-corrected chi connectivity index (χ4v) is 2.72. The van der Waals surface area contributed by atoms with Crippen LogP contribution in [-0.2, 0) is 11.4 Å². The molecule has 0 fully saturated rings. The Bertz CT molecular complexity index is 1160. The van der Waals surface area contributed by atoms with Crippen molar-refractivity contribution in [2.75, 3.05) is 5.32 Å². The lowest BCUT2D eigenvalue weighted by Crippen LogP contribution is -2.05. The molecule has 1 N–H and O–H groups in total. The zero-order valence-corrected chi connectivity index (χ0v) is 16.5. The second-order valence-electron chi connectivity index (χ2n) is 6.59. The normalized spacial score (nSPS) is 10.5. The predicted octanol–water partition coefficient (Wildman–Crippen LogP) is 5.21. The summed E-state index contributed by atoms with van der Waals surface area (Å²) in [6.45, 7) is 1.53. The number of carbonyl (C=O) groups excluding carboxylic acids is 1. The molecule has 8 heteroatoms. The molecule has 156 valence electrons. The van der Waals surface area contributed by atoms with Crippen LogP contribution in [0.15, 0.2) is 77.3 Å². The zero-order valence-electron chi connectivity index (χ0n) is 16.5.